The van der Waals surface area contributed by atoms with Crippen molar-refractivity contribution in [2.24, 2.45) is 5.73 Å². The fourth-order valence-electron chi connectivity index (χ4n) is 1.37. The van der Waals surface area contributed by atoms with Crippen molar-refractivity contribution in [3.05, 3.63) is 29.6 Å². The van der Waals surface area contributed by atoms with Crippen molar-refractivity contribution in [1.82, 2.24) is 9.36 Å². The van der Waals surface area contributed by atoms with E-state index in [2.05, 4.69) is 9.36 Å². The normalized spacial score (nSPS) is 10.5. The number of hydrogen-bond acceptors (Lipinski definition) is 6. The molecule has 0 spiro atoms. The first-order chi connectivity index (χ1) is 8.61. The molecule has 1 heterocycles. The molecule has 0 aliphatic rings. The molecule has 0 atom stereocenters. The van der Waals surface area contributed by atoms with Crippen molar-refractivity contribution in [3.8, 4) is 0 Å². The second-order valence-corrected chi connectivity index (χ2v) is 5.53. The lowest BCUT2D eigenvalue weighted by Gasteiger charge is -2.07. The highest BCUT2D eigenvalue weighted by molar-refractivity contribution is 8.01. The van der Waals surface area contributed by atoms with Crippen LogP contribution in [0.5, 0.6) is 0 Å². The van der Waals surface area contributed by atoms with Gasteiger partial charge in [-0.05, 0) is 23.7 Å². The van der Waals surface area contributed by atoms with Gasteiger partial charge < -0.3 is 11.5 Å². The van der Waals surface area contributed by atoms with E-state index in [1.54, 1.807) is 18.2 Å². The third-order valence-electron chi connectivity index (χ3n) is 2.27. The van der Waals surface area contributed by atoms with Crippen LogP contribution in [0.25, 0.3) is 0 Å². The van der Waals surface area contributed by atoms with Crippen molar-refractivity contribution in [2.45, 2.75) is 22.6 Å². The van der Waals surface area contributed by atoms with Crippen molar-refractivity contribution in [2.75, 3.05) is 5.73 Å². The summed E-state index contributed by atoms with van der Waals surface area (Å²) >= 11 is 2.62. The summed E-state index contributed by atoms with van der Waals surface area (Å²) in [4.78, 5) is 16.3. The number of anilines is 1. The summed E-state index contributed by atoms with van der Waals surface area (Å²) in [6.45, 7) is 1.99. The molecule has 1 aromatic heterocycles. The van der Waals surface area contributed by atoms with Gasteiger partial charge in [-0.15, -0.1) is 0 Å². The fraction of sp³-hybridized carbons (Fsp3) is 0.182. The Balaban J connectivity index is 2.36. The van der Waals surface area contributed by atoms with Crippen LogP contribution in [0.1, 0.15) is 23.1 Å². The SMILES string of the molecule is CCc1nsc(Sc2c(N)cccc2C(N)=O)n1. The molecular weight excluding hydrogens is 268 g/mol. The maximum Gasteiger partial charge on any atom is 0.249 e. The smallest absolute Gasteiger partial charge is 0.249 e. The molecule has 7 heteroatoms. The Morgan fingerprint density at radius 2 is 2.28 bits per heavy atom. The van der Waals surface area contributed by atoms with Gasteiger partial charge in [-0.25, -0.2) is 4.98 Å². The summed E-state index contributed by atoms with van der Waals surface area (Å²) in [5.74, 6) is 0.294. The van der Waals surface area contributed by atoms with Crippen molar-refractivity contribution in [3.63, 3.8) is 0 Å². The van der Waals surface area contributed by atoms with Gasteiger partial charge in [0.15, 0.2) is 4.34 Å². The fourth-order valence-corrected chi connectivity index (χ4v) is 3.17. The molecule has 0 unspecified atom stereocenters. The number of primary amides is 1. The second kappa shape index (κ2) is 5.36. The van der Waals surface area contributed by atoms with Crippen LogP contribution in [-0.2, 0) is 6.42 Å². The molecule has 1 amide bonds. The number of hydrogen-bond donors (Lipinski definition) is 2. The number of nitrogens with zero attached hydrogens (tertiary/aromatic N) is 2. The molecule has 0 radical (unpaired) electrons. The first kappa shape index (κ1) is 12.8. The zero-order valence-corrected chi connectivity index (χ0v) is 11.3. The average Bonchev–Trinajstić information content (AvgIpc) is 2.79. The quantitative estimate of drug-likeness (QED) is 0.834. The van der Waals surface area contributed by atoms with Crippen LogP contribution in [0.3, 0.4) is 0 Å². The molecule has 0 fully saturated rings. The van der Waals surface area contributed by atoms with E-state index in [1.165, 1.54) is 23.3 Å². The molecule has 5 nitrogen and oxygen atoms in total. The predicted octanol–water partition coefficient (Wildman–Crippen LogP) is 1.93. The Bertz CT molecular complexity index is 582. The van der Waals surface area contributed by atoms with Crippen LogP contribution in [0.4, 0.5) is 5.69 Å². The van der Waals surface area contributed by atoms with Gasteiger partial charge in [0.25, 0.3) is 0 Å². The van der Waals surface area contributed by atoms with Gasteiger partial charge in [0.05, 0.1) is 10.5 Å². The van der Waals surface area contributed by atoms with E-state index < -0.39 is 5.91 Å². The van der Waals surface area contributed by atoms with Crippen molar-refractivity contribution >= 4 is 34.9 Å². The van der Waals surface area contributed by atoms with E-state index in [0.29, 0.717) is 16.1 Å². The number of nitrogen functional groups attached to an aromatic ring is 1. The van der Waals surface area contributed by atoms with Crippen LogP contribution >= 0.6 is 23.3 Å². The summed E-state index contributed by atoms with van der Waals surface area (Å²) in [6, 6.07) is 5.09. The minimum atomic E-state index is -0.495. The number of rotatable bonds is 4. The minimum Gasteiger partial charge on any atom is -0.398 e. The highest BCUT2D eigenvalue weighted by Crippen LogP contribution is 2.35. The Labute approximate surface area is 113 Å². The zero-order valence-electron chi connectivity index (χ0n) is 9.71. The van der Waals surface area contributed by atoms with Crippen LogP contribution < -0.4 is 11.5 Å². The second-order valence-electron chi connectivity index (χ2n) is 3.52. The van der Waals surface area contributed by atoms with Gasteiger partial charge in [-0.2, -0.15) is 4.37 Å². The number of carbonyl (C=O) groups is 1. The number of aryl methyl sites for hydroxylation is 1. The van der Waals surface area contributed by atoms with Gasteiger partial charge in [-0.3, -0.25) is 4.79 Å². The van der Waals surface area contributed by atoms with E-state index >= 15 is 0 Å². The lowest BCUT2D eigenvalue weighted by atomic mass is 10.2. The van der Waals surface area contributed by atoms with Crippen LogP contribution in [0.15, 0.2) is 27.4 Å². The van der Waals surface area contributed by atoms with E-state index in [9.17, 15) is 4.79 Å². The van der Waals surface area contributed by atoms with E-state index in [4.69, 9.17) is 11.5 Å². The Morgan fingerprint density at radius 1 is 1.50 bits per heavy atom. The molecule has 18 heavy (non-hydrogen) atoms. The van der Waals surface area contributed by atoms with Crippen molar-refractivity contribution in [1.29, 1.82) is 0 Å². The lowest BCUT2D eigenvalue weighted by Crippen LogP contribution is -2.12. The Kier molecular flexibility index (Phi) is 3.83. The third kappa shape index (κ3) is 2.62. The van der Waals surface area contributed by atoms with Gasteiger partial charge in [-0.1, -0.05) is 24.8 Å². The number of carbonyl (C=O) groups excluding carboxylic acids is 1. The van der Waals surface area contributed by atoms with E-state index in [-0.39, 0.29) is 0 Å². The first-order valence-corrected chi connectivity index (χ1v) is 6.89. The van der Waals surface area contributed by atoms with Crippen molar-refractivity contribution < 1.29 is 4.79 Å². The summed E-state index contributed by atoms with van der Waals surface area (Å²) < 4.78 is 4.94. The molecule has 94 valence electrons. The average molecular weight is 280 g/mol. The molecule has 0 bridgehead atoms. The minimum absolute atomic E-state index is 0.410. The summed E-state index contributed by atoms with van der Waals surface area (Å²) in [5, 5.41) is 0. The zero-order chi connectivity index (χ0) is 13.1. The molecule has 0 aliphatic carbocycles. The molecular formula is C11H12N4OS2. The van der Waals surface area contributed by atoms with E-state index in [1.807, 2.05) is 6.92 Å². The standard InChI is InChI=1S/C11H12N4OS2/c1-2-8-14-11(18-15-8)17-9-6(10(13)16)4-3-5-7(9)12/h3-5H,2,12H2,1H3,(H2,13,16). The largest absolute Gasteiger partial charge is 0.398 e. The summed E-state index contributed by atoms with van der Waals surface area (Å²) in [5.41, 5.74) is 12.1. The van der Waals surface area contributed by atoms with Gasteiger partial charge >= 0.3 is 0 Å². The van der Waals surface area contributed by atoms with Crippen LogP contribution in [-0.4, -0.2) is 15.3 Å². The van der Waals surface area contributed by atoms with Gasteiger partial charge in [0.2, 0.25) is 5.91 Å². The molecule has 0 saturated heterocycles. The summed E-state index contributed by atoms with van der Waals surface area (Å²) in [7, 11) is 0. The molecule has 4 N–H and O–H groups in total. The van der Waals surface area contributed by atoms with E-state index in [0.717, 1.165) is 16.6 Å². The monoisotopic (exact) mass is 280 g/mol. The van der Waals surface area contributed by atoms with Crippen LogP contribution in [0, 0.1) is 0 Å². The Hall–Kier alpha value is -1.60. The topological polar surface area (TPSA) is 94.9 Å². The summed E-state index contributed by atoms with van der Waals surface area (Å²) in [6.07, 6.45) is 0.782. The number of aromatic nitrogens is 2. The molecule has 2 rings (SSSR count). The molecule has 0 saturated carbocycles. The predicted molar refractivity (Wildman–Crippen MR) is 72.8 cm³/mol. The maximum atomic E-state index is 11.3. The van der Waals surface area contributed by atoms with Crippen LogP contribution in [0.2, 0.25) is 0 Å². The van der Waals surface area contributed by atoms with Gasteiger partial charge in [0.1, 0.15) is 5.82 Å². The molecule has 1 aromatic carbocycles. The number of nitrogens with two attached hydrogens (primary N) is 2. The maximum absolute atomic E-state index is 11.3. The third-order valence-corrected chi connectivity index (χ3v) is 4.21. The molecule has 2 aromatic rings. The number of benzene rings is 1. The first-order valence-electron chi connectivity index (χ1n) is 5.30. The number of amides is 1. The highest BCUT2D eigenvalue weighted by atomic mass is 32.2. The highest BCUT2D eigenvalue weighted by Gasteiger charge is 2.14. The molecule has 0 aliphatic heterocycles. The van der Waals surface area contributed by atoms with Gasteiger partial charge in [0, 0.05) is 12.1 Å². The lowest BCUT2D eigenvalue weighted by molar-refractivity contribution is 0.0997. The Morgan fingerprint density at radius 3 is 2.89 bits per heavy atom.